The molecular formula is C18H20N6O. The Balaban J connectivity index is 1.54. The van der Waals surface area contributed by atoms with Gasteiger partial charge in [0, 0.05) is 18.6 Å². The number of benzene rings is 1. The first-order chi connectivity index (χ1) is 12.1. The van der Waals surface area contributed by atoms with Gasteiger partial charge < -0.3 is 10.6 Å². The summed E-state index contributed by atoms with van der Waals surface area (Å²) in [5.74, 6) is 0.686. The lowest BCUT2D eigenvalue weighted by Gasteiger charge is -2.15. The van der Waals surface area contributed by atoms with Crippen molar-refractivity contribution in [1.29, 1.82) is 0 Å². The largest absolute Gasteiger partial charge is 0.332 e. The number of amides is 2. The molecule has 1 atom stereocenters. The van der Waals surface area contributed by atoms with Gasteiger partial charge in [-0.15, -0.1) is 0 Å². The summed E-state index contributed by atoms with van der Waals surface area (Å²) in [6, 6.07) is 11.2. The highest BCUT2D eigenvalue weighted by atomic mass is 16.2. The van der Waals surface area contributed by atoms with E-state index in [1.54, 1.807) is 23.1 Å². The summed E-state index contributed by atoms with van der Waals surface area (Å²) < 4.78 is 1.79. The molecular weight excluding hydrogens is 316 g/mol. The van der Waals surface area contributed by atoms with Gasteiger partial charge in [0.25, 0.3) is 0 Å². The van der Waals surface area contributed by atoms with Crippen LogP contribution in [-0.2, 0) is 6.54 Å². The number of hydrogen-bond acceptors (Lipinski definition) is 4. The van der Waals surface area contributed by atoms with Gasteiger partial charge in [0.2, 0.25) is 0 Å². The summed E-state index contributed by atoms with van der Waals surface area (Å²) in [5.41, 5.74) is 2.77. The summed E-state index contributed by atoms with van der Waals surface area (Å²) >= 11 is 0. The van der Waals surface area contributed by atoms with Gasteiger partial charge in [-0.05, 0) is 43.7 Å². The molecule has 7 nitrogen and oxygen atoms in total. The van der Waals surface area contributed by atoms with E-state index in [1.165, 1.54) is 0 Å². The Kier molecular flexibility index (Phi) is 5.03. The van der Waals surface area contributed by atoms with Gasteiger partial charge in [0.05, 0.1) is 24.0 Å². The fourth-order valence-corrected chi connectivity index (χ4v) is 2.44. The molecule has 7 heteroatoms. The van der Waals surface area contributed by atoms with Crippen molar-refractivity contribution in [2.45, 2.75) is 26.4 Å². The quantitative estimate of drug-likeness (QED) is 0.750. The molecule has 128 valence electrons. The fourth-order valence-electron chi connectivity index (χ4n) is 2.44. The summed E-state index contributed by atoms with van der Waals surface area (Å²) in [6.45, 7) is 4.12. The summed E-state index contributed by atoms with van der Waals surface area (Å²) in [6.07, 6.45) is 5.31. The van der Waals surface area contributed by atoms with Crippen LogP contribution in [0.1, 0.15) is 30.0 Å². The van der Waals surface area contributed by atoms with Crippen molar-refractivity contribution >= 4 is 6.03 Å². The Morgan fingerprint density at radius 2 is 2.00 bits per heavy atom. The zero-order chi connectivity index (χ0) is 17.6. The van der Waals surface area contributed by atoms with E-state index in [-0.39, 0.29) is 12.1 Å². The van der Waals surface area contributed by atoms with Crippen LogP contribution >= 0.6 is 0 Å². The maximum Gasteiger partial charge on any atom is 0.315 e. The highest BCUT2D eigenvalue weighted by molar-refractivity contribution is 5.74. The number of urea groups is 1. The third-order valence-corrected chi connectivity index (χ3v) is 3.77. The molecule has 0 radical (unpaired) electrons. The fraction of sp³-hybridized carbons (Fsp3) is 0.222. The number of aryl methyl sites for hydroxylation is 1. The second-order valence-corrected chi connectivity index (χ2v) is 5.69. The van der Waals surface area contributed by atoms with E-state index in [0.717, 1.165) is 16.9 Å². The van der Waals surface area contributed by atoms with Gasteiger partial charge in [0.1, 0.15) is 5.82 Å². The Morgan fingerprint density at radius 3 is 2.68 bits per heavy atom. The van der Waals surface area contributed by atoms with Crippen LogP contribution in [0.15, 0.2) is 55.0 Å². The number of nitrogens with zero attached hydrogens (tertiary/aromatic N) is 4. The zero-order valence-corrected chi connectivity index (χ0v) is 14.2. The predicted molar refractivity (Wildman–Crippen MR) is 94.1 cm³/mol. The van der Waals surface area contributed by atoms with Crippen molar-refractivity contribution in [3.63, 3.8) is 0 Å². The van der Waals surface area contributed by atoms with Crippen molar-refractivity contribution in [2.75, 3.05) is 0 Å². The molecule has 0 saturated carbocycles. The molecule has 3 aromatic rings. The van der Waals surface area contributed by atoms with E-state index < -0.39 is 0 Å². The molecule has 1 aromatic carbocycles. The second-order valence-electron chi connectivity index (χ2n) is 5.69. The molecule has 0 saturated heterocycles. The SMILES string of the molecule is Cc1nccc(CNC(=O)NC(C)c2ccc(-n3cccn3)cc2)n1. The molecule has 1 unspecified atom stereocenters. The average Bonchev–Trinajstić information content (AvgIpc) is 3.15. The van der Waals surface area contributed by atoms with Crippen LogP contribution in [0.3, 0.4) is 0 Å². The van der Waals surface area contributed by atoms with Gasteiger partial charge in [-0.25, -0.2) is 19.4 Å². The number of aromatic nitrogens is 4. The van der Waals surface area contributed by atoms with Crippen molar-refractivity contribution < 1.29 is 4.79 Å². The highest BCUT2D eigenvalue weighted by Gasteiger charge is 2.10. The maximum absolute atomic E-state index is 12.1. The Labute approximate surface area is 146 Å². The minimum absolute atomic E-state index is 0.112. The Morgan fingerprint density at radius 1 is 1.20 bits per heavy atom. The molecule has 0 aliphatic heterocycles. The van der Waals surface area contributed by atoms with Crippen molar-refractivity contribution in [2.24, 2.45) is 0 Å². The van der Waals surface area contributed by atoms with Crippen LogP contribution in [-0.4, -0.2) is 25.8 Å². The maximum atomic E-state index is 12.1. The topological polar surface area (TPSA) is 84.7 Å². The van der Waals surface area contributed by atoms with Crippen molar-refractivity contribution in [1.82, 2.24) is 30.4 Å². The van der Waals surface area contributed by atoms with Crippen molar-refractivity contribution in [3.05, 3.63) is 72.1 Å². The minimum atomic E-state index is -0.236. The standard InChI is InChI=1S/C18H20N6O/c1-13(15-4-6-17(7-5-15)24-11-3-9-21-24)22-18(25)20-12-16-8-10-19-14(2)23-16/h3-11,13H,12H2,1-2H3,(H2,20,22,25). The van der Waals surface area contributed by atoms with E-state index in [1.807, 2.05) is 50.4 Å². The summed E-state index contributed by atoms with van der Waals surface area (Å²) in [5, 5.41) is 9.92. The second kappa shape index (κ2) is 7.57. The molecule has 3 rings (SSSR count). The van der Waals surface area contributed by atoms with Gasteiger partial charge in [-0.3, -0.25) is 0 Å². The van der Waals surface area contributed by atoms with Gasteiger partial charge in [-0.1, -0.05) is 12.1 Å². The first-order valence-electron chi connectivity index (χ1n) is 8.04. The average molecular weight is 336 g/mol. The molecule has 0 spiro atoms. The molecule has 2 N–H and O–H groups in total. The third-order valence-electron chi connectivity index (χ3n) is 3.77. The number of nitrogens with one attached hydrogen (secondary N) is 2. The minimum Gasteiger partial charge on any atom is -0.332 e. The smallest absolute Gasteiger partial charge is 0.315 e. The zero-order valence-electron chi connectivity index (χ0n) is 14.2. The predicted octanol–water partition coefficient (Wildman–Crippen LogP) is 2.53. The molecule has 0 aliphatic carbocycles. The van der Waals surface area contributed by atoms with Crippen LogP contribution in [0, 0.1) is 6.92 Å². The van der Waals surface area contributed by atoms with E-state index in [0.29, 0.717) is 12.4 Å². The lowest BCUT2D eigenvalue weighted by atomic mass is 10.1. The molecule has 0 aliphatic rings. The number of hydrogen-bond donors (Lipinski definition) is 2. The Hall–Kier alpha value is -3.22. The van der Waals surface area contributed by atoms with Crippen LogP contribution in [0.4, 0.5) is 4.79 Å². The van der Waals surface area contributed by atoms with Crippen LogP contribution in [0.5, 0.6) is 0 Å². The third kappa shape index (κ3) is 4.41. The first kappa shape index (κ1) is 16.6. The highest BCUT2D eigenvalue weighted by Crippen LogP contribution is 2.15. The number of rotatable bonds is 5. The summed E-state index contributed by atoms with van der Waals surface area (Å²) in [4.78, 5) is 20.3. The van der Waals surface area contributed by atoms with E-state index in [4.69, 9.17) is 0 Å². The summed E-state index contributed by atoms with van der Waals surface area (Å²) in [7, 11) is 0. The van der Waals surface area contributed by atoms with E-state index in [9.17, 15) is 4.79 Å². The first-order valence-corrected chi connectivity index (χ1v) is 8.04. The molecule has 2 aromatic heterocycles. The van der Waals surface area contributed by atoms with Gasteiger partial charge in [0.15, 0.2) is 0 Å². The number of carbonyl (C=O) groups excluding carboxylic acids is 1. The monoisotopic (exact) mass is 336 g/mol. The van der Waals surface area contributed by atoms with Crippen LogP contribution in [0.25, 0.3) is 5.69 Å². The Bertz CT molecular complexity index is 829. The van der Waals surface area contributed by atoms with E-state index in [2.05, 4.69) is 25.7 Å². The van der Waals surface area contributed by atoms with Gasteiger partial charge in [-0.2, -0.15) is 5.10 Å². The molecule has 0 fully saturated rings. The molecule has 0 bridgehead atoms. The number of carbonyl (C=O) groups is 1. The lowest BCUT2D eigenvalue weighted by Crippen LogP contribution is -2.36. The van der Waals surface area contributed by atoms with Crippen LogP contribution in [0.2, 0.25) is 0 Å². The van der Waals surface area contributed by atoms with Crippen LogP contribution < -0.4 is 10.6 Å². The molecule has 25 heavy (non-hydrogen) atoms. The van der Waals surface area contributed by atoms with Crippen molar-refractivity contribution in [3.8, 4) is 5.69 Å². The van der Waals surface area contributed by atoms with Gasteiger partial charge >= 0.3 is 6.03 Å². The molecule has 2 amide bonds. The molecule has 2 heterocycles. The normalized spacial score (nSPS) is 11.8. The van der Waals surface area contributed by atoms with E-state index >= 15 is 0 Å². The lowest BCUT2D eigenvalue weighted by molar-refractivity contribution is 0.237.